The Kier molecular flexibility index (Phi) is 6.42. The van der Waals surface area contributed by atoms with Crippen molar-refractivity contribution in [3.63, 3.8) is 0 Å². The third-order valence-corrected chi connectivity index (χ3v) is 9.45. The first-order valence-electron chi connectivity index (χ1n) is 16.7. The van der Waals surface area contributed by atoms with Crippen LogP contribution in [-0.2, 0) is 0 Å². The summed E-state index contributed by atoms with van der Waals surface area (Å²) in [7, 11) is 0. The number of hydrogen-bond acceptors (Lipinski definition) is 4. The van der Waals surface area contributed by atoms with E-state index in [-0.39, 0.29) is 0 Å². The van der Waals surface area contributed by atoms with Gasteiger partial charge in [-0.2, -0.15) is 0 Å². The van der Waals surface area contributed by atoms with Gasteiger partial charge in [0.25, 0.3) is 0 Å². The second-order valence-electron chi connectivity index (χ2n) is 12.5. The zero-order chi connectivity index (χ0) is 33.0. The van der Waals surface area contributed by atoms with E-state index in [9.17, 15) is 0 Å². The van der Waals surface area contributed by atoms with Crippen molar-refractivity contribution < 1.29 is 4.42 Å². The fraction of sp³-hybridized carbons (Fsp3) is 0. The topological polar surface area (TPSA) is 56.2 Å². The van der Waals surface area contributed by atoms with Crippen molar-refractivity contribution in [3.05, 3.63) is 170 Å². The highest BCUT2D eigenvalue weighted by molar-refractivity contribution is 6.08. The number of benzene rings is 7. The van der Waals surface area contributed by atoms with Gasteiger partial charge >= 0.3 is 0 Å². The number of aromatic nitrogens is 4. The highest BCUT2D eigenvalue weighted by Crippen LogP contribution is 2.41. The molecule has 0 spiro atoms. The van der Waals surface area contributed by atoms with E-state index >= 15 is 0 Å². The summed E-state index contributed by atoms with van der Waals surface area (Å²) in [6.45, 7) is 0. The first-order chi connectivity index (χ1) is 24.8. The van der Waals surface area contributed by atoms with Crippen LogP contribution in [0.4, 0.5) is 0 Å². The molecule has 0 aliphatic heterocycles. The second kappa shape index (κ2) is 11.4. The molecule has 0 bridgehead atoms. The highest BCUT2D eigenvalue weighted by Gasteiger charge is 2.21. The van der Waals surface area contributed by atoms with Gasteiger partial charge in [0.2, 0.25) is 5.71 Å². The predicted molar refractivity (Wildman–Crippen MR) is 203 cm³/mol. The van der Waals surface area contributed by atoms with Crippen molar-refractivity contribution >= 4 is 38.5 Å². The lowest BCUT2D eigenvalue weighted by Gasteiger charge is -2.09. The fourth-order valence-electron chi connectivity index (χ4n) is 6.99. The molecule has 0 amide bonds. The molecular formula is C45H28N4O. The van der Waals surface area contributed by atoms with Crippen LogP contribution in [-0.4, -0.2) is 19.4 Å². The van der Waals surface area contributed by atoms with E-state index in [1.54, 1.807) is 0 Å². The van der Waals surface area contributed by atoms with E-state index in [1.165, 1.54) is 16.3 Å². The van der Waals surface area contributed by atoms with Crippen molar-refractivity contribution in [1.82, 2.24) is 19.4 Å². The Morgan fingerprint density at radius 2 is 0.900 bits per heavy atom. The number of nitrogens with zero attached hydrogens (tertiary/aromatic N) is 4. The molecule has 234 valence electrons. The fourth-order valence-corrected chi connectivity index (χ4v) is 6.99. The van der Waals surface area contributed by atoms with Gasteiger partial charge in [0, 0.05) is 22.1 Å². The zero-order valence-corrected chi connectivity index (χ0v) is 26.9. The minimum atomic E-state index is 0.624. The molecule has 0 aliphatic rings. The summed E-state index contributed by atoms with van der Waals surface area (Å²) in [6.07, 6.45) is 0. The summed E-state index contributed by atoms with van der Waals surface area (Å²) < 4.78 is 8.84. The number of rotatable bonds is 5. The molecule has 3 aromatic heterocycles. The quantitative estimate of drug-likeness (QED) is 0.188. The van der Waals surface area contributed by atoms with Gasteiger partial charge < -0.3 is 4.42 Å². The molecule has 10 rings (SSSR count). The Labute approximate surface area is 287 Å². The third-order valence-electron chi connectivity index (χ3n) is 9.45. The maximum atomic E-state index is 6.60. The van der Waals surface area contributed by atoms with Gasteiger partial charge in [0.15, 0.2) is 23.1 Å². The minimum Gasteiger partial charge on any atom is -0.438 e. The van der Waals surface area contributed by atoms with Crippen LogP contribution in [0.2, 0.25) is 0 Å². The average molecular weight is 641 g/mol. The van der Waals surface area contributed by atoms with Crippen molar-refractivity contribution in [1.29, 1.82) is 0 Å². The normalized spacial score (nSPS) is 11.6. The summed E-state index contributed by atoms with van der Waals surface area (Å²) in [4.78, 5) is 14.7. The molecule has 5 nitrogen and oxygen atoms in total. The van der Waals surface area contributed by atoms with Crippen LogP contribution in [0, 0.1) is 0 Å². The minimum absolute atomic E-state index is 0.624. The van der Waals surface area contributed by atoms with Crippen molar-refractivity contribution in [3.8, 4) is 56.4 Å². The van der Waals surface area contributed by atoms with E-state index < -0.39 is 0 Å². The summed E-state index contributed by atoms with van der Waals surface area (Å²) in [5.74, 6) is 1.91. The van der Waals surface area contributed by atoms with E-state index in [0.29, 0.717) is 17.5 Å². The lowest BCUT2D eigenvalue weighted by Crippen LogP contribution is -2.00. The van der Waals surface area contributed by atoms with Crippen molar-refractivity contribution in [2.24, 2.45) is 0 Å². The Balaban J connectivity index is 1.14. The van der Waals surface area contributed by atoms with E-state index in [2.05, 4.69) is 101 Å². The van der Waals surface area contributed by atoms with Gasteiger partial charge in [-0.1, -0.05) is 140 Å². The lowest BCUT2D eigenvalue weighted by molar-refractivity contribution is 0.658. The standard InChI is InChI=1S/C45H28N4O/c1-3-12-31(13-4-1)42-46-43(32-14-5-2-6-15-32)48-44(47-42)33-22-20-30(21-23-33)41-37-28-36(35-24-19-29-11-7-8-16-34(29)27-35)25-26-38(37)49-39-17-9-10-18-40(39)50-45(41)49/h1-28H. The van der Waals surface area contributed by atoms with Gasteiger partial charge in [-0.25, -0.2) is 15.0 Å². The molecule has 50 heavy (non-hydrogen) atoms. The predicted octanol–water partition coefficient (Wildman–Crippen LogP) is 11.5. The van der Waals surface area contributed by atoms with Crippen LogP contribution < -0.4 is 0 Å². The first-order valence-corrected chi connectivity index (χ1v) is 16.7. The number of oxazole rings is 1. The molecule has 7 aromatic carbocycles. The largest absolute Gasteiger partial charge is 0.438 e. The summed E-state index contributed by atoms with van der Waals surface area (Å²) >= 11 is 0. The summed E-state index contributed by atoms with van der Waals surface area (Å²) in [5.41, 5.74) is 11.1. The van der Waals surface area contributed by atoms with Gasteiger partial charge in [0.05, 0.1) is 16.6 Å². The van der Waals surface area contributed by atoms with Crippen LogP contribution in [0.5, 0.6) is 0 Å². The molecular weight excluding hydrogens is 613 g/mol. The maximum Gasteiger partial charge on any atom is 0.213 e. The monoisotopic (exact) mass is 640 g/mol. The van der Waals surface area contributed by atoms with Crippen LogP contribution in [0.15, 0.2) is 174 Å². The van der Waals surface area contributed by atoms with Gasteiger partial charge in [-0.15, -0.1) is 0 Å². The first kappa shape index (κ1) is 28.2. The lowest BCUT2D eigenvalue weighted by atomic mass is 9.97. The third kappa shape index (κ3) is 4.67. The van der Waals surface area contributed by atoms with Crippen molar-refractivity contribution in [2.75, 3.05) is 0 Å². The SMILES string of the molecule is c1ccc(-c2nc(-c3ccccc3)nc(-c3ccc(-c4c5cc(-c6ccc7ccccc7c6)ccc5n5c4oc4ccccc45)cc3)n2)cc1. The molecule has 0 atom stereocenters. The Hall–Kier alpha value is -6.85. The summed E-state index contributed by atoms with van der Waals surface area (Å²) in [6, 6.07) is 58.7. The van der Waals surface area contributed by atoms with Crippen LogP contribution in [0.1, 0.15) is 0 Å². The average Bonchev–Trinajstić information content (AvgIpc) is 3.72. The summed E-state index contributed by atoms with van der Waals surface area (Å²) in [5, 5.41) is 3.59. The van der Waals surface area contributed by atoms with Crippen LogP contribution in [0.25, 0.3) is 94.9 Å². The van der Waals surface area contributed by atoms with E-state index in [4.69, 9.17) is 19.4 Å². The molecule has 0 N–H and O–H groups in total. The molecule has 5 heteroatoms. The molecule has 3 heterocycles. The molecule has 0 saturated carbocycles. The highest BCUT2D eigenvalue weighted by atomic mass is 16.3. The molecule has 0 fully saturated rings. The Morgan fingerprint density at radius 1 is 0.380 bits per heavy atom. The van der Waals surface area contributed by atoms with Crippen molar-refractivity contribution in [2.45, 2.75) is 0 Å². The van der Waals surface area contributed by atoms with Gasteiger partial charge in [-0.05, 0) is 57.8 Å². The zero-order valence-electron chi connectivity index (χ0n) is 26.9. The Morgan fingerprint density at radius 3 is 1.60 bits per heavy atom. The van der Waals surface area contributed by atoms with E-state index in [1.807, 2.05) is 72.8 Å². The maximum absolute atomic E-state index is 6.60. The molecule has 0 radical (unpaired) electrons. The number of fused-ring (bicyclic) bond motifs is 6. The molecule has 10 aromatic rings. The Bertz CT molecular complexity index is 2800. The molecule has 0 aliphatic carbocycles. The molecule has 0 saturated heterocycles. The number of hydrogen-bond donors (Lipinski definition) is 0. The van der Waals surface area contributed by atoms with Gasteiger partial charge in [0.1, 0.15) is 0 Å². The second-order valence-corrected chi connectivity index (χ2v) is 12.5. The van der Waals surface area contributed by atoms with Gasteiger partial charge in [-0.3, -0.25) is 4.40 Å². The van der Waals surface area contributed by atoms with Crippen LogP contribution >= 0.6 is 0 Å². The van der Waals surface area contributed by atoms with E-state index in [0.717, 1.165) is 61.1 Å². The molecule has 0 unspecified atom stereocenters. The number of para-hydroxylation sites is 2. The smallest absolute Gasteiger partial charge is 0.213 e. The van der Waals surface area contributed by atoms with Crippen LogP contribution in [0.3, 0.4) is 0 Å².